The second-order valence-corrected chi connectivity index (χ2v) is 4.54. The molecule has 1 aromatic carbocycles. The van der Waals surface area contributed by atoms with E-state index in [1.807, 2.05) is 38.1 Å². The zero-order chi connectivity index (χ0) is 13.4. The lowest BCUT2D eigenvalue weighted by molar-refractivity contribution is -0.121. The van der Waals surface area contributed by atoms with Crippen LogP contribution in [0.5, 0.6) is 0 Å². The average molecular weight is 244 g/mol. The molecule has 0 saturated carbocycles. The van der Waals surface area contributed by atoms with Gasteiger partial charge in [0.25, 0.3) is 0 Å². The molecule has 0 radical (unpaired) electrons. The molecule has 0 aliphatic carbocycles. The van der Waals surface area contributed by atoms with Gasteiger partial charge in [-0.3, -0.25) is 4.79 Å². The van der Waals surface area contributed by atoms with E-state index in [2.05, 4.69) is 17.2 Å². The third kappa shape index (κ3) is 5.03. The van der Waals surface area contributed by atoms with Gasteiger partial charge < -0.3 is 11.1 Å². The van der Waals surface area contributed by atoms with Crippen LogP contribution in [0.15, 0.2) is 24.3 Å². The molecule has 0 unspecified atom stereocenters. The van der Waals surface area contributed by atoms with Crippen LogP contribution in [0.4, 0.5) is 0 Å². The predicted molar refractivity (Wildman–Crippen MR) is 73.7 cm³/mol. The molecule has 0 aromatic heterocycles. The lowest BCUT2D eigenvalue weighted by Gasteiger charge is -2.08. The molecule has 0 saturated heterocycles. The second-order valence-electron chi connectivity index (χ2n) is 4.54. The van der Waals surface area contributed by atoms with Crippen LogP contribution in [0.3, 0.4) is 0 Å². The Labute approximate surface area is 109 Å². The van der Waals surface area contributed by atoms with Crippen LogP contribution in [-0.2, 0) is 11.3 Å². The molecule has 0 aliphatic heterocycles. The molecule has 1 amide bonds. The van der Waals surface area contributed by atoms with E-state index < -0.39 is 0 Å². The largest absolute Gasteiger partial charge is 0.352 e. The molecule has 1 aromatic rings. The summed E-state index contributed by atoms with van der Waals surface area (Å²) in [6, 6.07) is 7.78. The van der Waals surface area contributed by atoms with Crippen LogP contribution < -0.4 is 11.1 Å². The third-order valence-corrected chi connectivity index (χ3v) is 2.41. The first-order valence-corrected chi connectivity index (χ1v) is 6.17. The van der Waals surface area contributed by atoms with Gasteiger partial charge in [-0.15, -0.1) is 0 Å². The maximum absolute atomic E-state index is 11.6. The van der Waals surface area contributed by atoms with Gasteiger partial charge in [-0.05, 0) is 17.5 Å². The Hall–Kier alpha value is -1.79. The molecule has 0 heterocycles. The lowest BCUT2D eigenvalue weighted by Crippen LogP contribution is -2.24. The highest BCUT2D eigenvalue weighted by atomic mass is 16.1. The second kappa shape index (κ2) is 7.52. The summed E-state index contributed by atoms with van der Waals surface area (Å²) in [7, 11) is 0. The molecule has 3 heteroatoms. The fraction of sp³-hybridized carbons (Fsp3) is 0.400. The van der Waals surface area contributed by atoms with Crippen molar-refractivity contribution in [1.29, 1.82) is 0 Å². The van der Waals surface area contributed by atoms with E-state index in [9.17, 15) is 4.79 Å². The zero-order valence-electron chi connectivity index (χ0n) is 11.0. The molecule has 0 spiro atoms. The number of amides is 1. The lowest BCUT2D eigenvalue weighted by atomic mass is 10.1. The summed E-state index contributed by atoms with van der Waals surface area (Å²) in [5.74, 6) is 6.29. The van der Waals surface area contributed by atoms with Crippen LogP contribution in [0.25, 0.3) is 0 Å². The first-order chi connectivity index (χ1) is 8.63. The summed E-state index contributed by atoms with van der Waals surface area (Å²) >= 11 is 0. The Bertz CT molecular complexity index is 455. The molecular weight excluding hydrogens is 224 g/mol. The average Bonchev–Trinajstić information content (AvgIpc) is 2.34. The maximum Gasteiger partial charge on any atom is 0.220 e. The van der Waals surface area contributed by atoms with Crippen molar-refractivity contribution in [2.45, 2.75) is 26.8 Å². The van der Waals surface area contributed by atoms with Gasteiger partial charge in [0.05, 0.1) is 6.54 Å². The first-order valence-electron chi connectivity index (χ1n) is 6.17. The minimum atomic E-state index is 0.0755. The number of rotatable bonds is 4. The number of carbonyl (C=O) groups is 1. The van der Waals surface area contributed by atoms with E-state index in [4.69, 9.17) is 5.73 Å². The Morgan fingerprint density at radius 2 is 2.11 bits per heavy atom. The van der Waals surface area contributed by atoms with Gasteiger partial charge in [0.1, 0.15) is 0 Å². The smallest absolute Gasteiger partial charge is 0.220 e. The summed E-state index contributed by atoms with van der Waals surface area (Å²) in [6.07, 6.45) is 0.552. The topological polar surface area (TPSA) is 55.1 Å². The van der Waals surface area contributed by atoms with Gasteiger partial charge in [-0.1, -0.05) is 43.9 Å². The summed E-state index contributed by atoms with van der Waals surface area (Å²) in [5.41, 5.74) is 7.31. The van der Waals surface area contributed by atoms with Gasteiger partial charge in [-0.25, -0.2) is 0 Å². The zero-order valence-corrected chi connectivity index (χ0v) is 11.0. The van der Waals surface area contributed by atoms with Crippen molar-refractivity contribution in [1.82, 2.24) is 5.32 Å². The standard InChI is InChI=1S/C15H20N2O/c1-12(2)10-15(18)17-11-14-7-4-3-6-13(14)8-5-9-16/h3-4,6-7,12H,9-11,16H2,1-2H3,(H,17,18). The number of nitrogens with two attached hydrogens (primary N) is 1. The fourth-order valence-electron chi connectivity index (χ4n) is 1.58. The van der Waals surface area contributed by atoms with Crippen molar-refractivity contribution in [3.63, 3.8) is 0 Å². The van der Waals surface area contributed by atoms with Crippen LogP contribution in [-0.4, -0.2) is 12.5 Å². The highest BCUT2D eigenvalue weighted by Crippen LogP contribution is 2.07. The molecule has 18 heavy (non-hydrogen) atoms. The Balaban J connectivity index is 2.64. The van der Waals surface area contributed by atoms with E-state index in [-0.39, 0.29) is 5.91 Å². The van der Waals surface area contributed by atoms with Crippen LogP contribution >= 0.6 is 0 Å². The minimum absolute atomic E-state index is 0.0755. The summed E-state index contributed by atoms with van der Waals surface area (Å²) in [5, 5.41) is 2.91. The van der Waals surface area contributed by atoms with E-state index in [0.29, 0.717) is 25.4 Å². The minimum Gasteiger partial charge on any atom is -0.352 e. The number of carbonyl (C=O) groups excluding carboxylic acids is 1. The van der Waals surface area contributed by atoms with E-state index in [0.717, 1.165) is 11.1 Å². The van der Waals surface area contributed by atoms with Gasteiger partial charge in [0.2, 0.25) is 5.91 Å². The Morgan fingerprint density at radius 1 is 1.39 bits per heavy atom. The van der Waals surface area contributed by atoms with Crippen LogP contribution in [0.2, 0.25) is 0 Å². The highest BCUT2D eigenvalue weighted by Gasteiger charge is 2.05. The molecule has 96 valence electrons. The summed E-state index contributed by atoms with van der Waals surface area (Å²) in [4.78, 5) is 11.6. The van der Waals surface area contributed by atoms with Gasteiger partial charge >= 0.3 is 0 Å². The van der Waals surface area contributed by atoms with Crippen molar-refractivity contribution in [2.75, 3.05) is 6.54 Å². The summed E-state index contributed by atoms with van der Waals surface area (Å²) < 4.78 is 0. The predicted octanol–water partition coefficient (Wildman–Crippen LogP) is 1.66. The fourth-order valence-corrected chi connectivity index (χ4v) is 1.58. The molecule has 3 nitrogen and oxygen atoms in total. The van der Waals surface area contributed by atoms with Crippen molar-refractivity contribution >= 4 is 5.91 Å². The SMILES string of the molecule is CC(C)CC(=O)NCc1ccccc1C#CCN. The van der Waals surface area contributed by atoms with Crippen LogP contribution in [0, 0.1) is 17.8 Å². The molecule has 0 fully saturated rings. The number of hydrogen-bond donors (Lipinski definition) is 2. The monoisotopic (exact) mass is 244 g/mol. The summed E-state index contributed by atoms with van der Waals surface area (Å²) in [6.45, 7) is 4.91. The van der Waals surface area contributed by atoms with Crippen molar-refractivity contribution in [3.05, 3.63) is 35.4 Å². The van der Waals surface area contributed by atoms with Crippen molar-refractivity contribution < 1.29 is 4.79 Å². The molecule has 0 bridgehead atoms. The first kappa shape index (κ1) is 14.3. The molecule has 0 atom stereocenters. The van der Waals surface area contributed by atoms with E-state index in [1.165, 1.54) is 0 Å². The highest BCUT2D eigenvalue weighted by molar-refractivity contribution is 5.76. The van der Waals surface area contributed by atoms with E-state index in [1.54, 1.807) is 0 Å². The van der Waals surface area contributed by atoms with Crippen molar-refractivity contribution in [3.8, 4) is 11.8 Å². The van der Waals surface area contributed by atoms with Crippen molar-refractivity contribution in [2.24, 2.45) is 11.7 Å². The van der Waals surface area contributed by atoms with Gasteiger partial charge in [0.15, 0.2) is 0 Å². The quantitative estimate of drug-likeness (QED) is 0.791. The van der Waals surface area contributed by atoms with E-state index >= 15 is 0 Å². The number of benzene rings is 1. The van der Waals surface area contributed by atoms with Crippen LogP contribution in [0.1, 0.15) is 31.4 Å². The maximum atomic E-state index is 11.6. The molecule has 1 rings (SSSR count). The number of hydrogen-bond acceptors (Lipinski definition) is 2. The molecular formula is C15H20N2O. The van der Waals surface area contributed by atoms with Gasteiger partial charge in [-0.2, -0.15) is 0 Å². The Kier molecular flexibility index (Phi) is 5.96. The Morgan fingerprint density at radius 3 is 2.78 bits per heavy atom. The normalized spacial score (nSPS) is 9.78. The third-order valence-electron chi connectivity index (χ3n) is 2.41. The molecule has 0 aliphatic rings. The van der Waals surface area contributed by atoms with Gasteiger partial charge in [0, 0.05) is 18.5 Å². The number of nitrogens with one attached hydrogen (secondary N) is 1. The molecule has 3 N–H and O–H groups in total.